The van der Waals surface area contributed by atoms with E-state index in [-0.39, 0.29) is 11.1 Å². The number of aryl methyl sites for hydroxylation is 1. The lowest BCUT2D eigenvalue weighted by Gasteiger charge is -2.34. The molecule has 1 aromatic heterocycles. The third kappa shape index (κ3) is 9.30. The number of hydrogen-bond acceptors (Lipinski definition) is 6. The fourth-order valence-electron chi connectivity index (χ4n) is 5.26. The summed E-state index contributed by atoms with van der Waals surface area (Å²) in [5.74, 6) is 0.833. The largest absolute Gasteiger partial charge is 0.484 e. The molecule has 0 N–H and O–H groups in total. The average molecular weight is 574 g/mol. The van der Waals surface area contributed by atoms with Crippen molar-refractivity contribution in [1.29, 1.82) is 0 Å². The Bertz CT molecular complexity index is 1290. The van der Waals surface area contributed by atoms with Crippen LogP contribution in [0.5, 0.6) is 5.75 Å². The molecule has 6 heteroatoms. The lowest BCUT2D eigenvalue weighted by molar-refractivity contribution is 0.00572. The fourth-order valence-corrected chi connectivity index (χ4v) is 5.26. The summed E-state index contributed by atoms with van der Waals surface area (Å²) in [5.41, 5.74) is 3.92. The summed E-state index contributed by atoms with van der Waals surface area (Å²) >= 11 is 0. The van der Waals surface area contributed by atoms with Crippen LogP contribution >= 0.6 is 0 Å². The number of carbonyl (C=O) groups excluding carboxylic acids is 1. The van der Waals surface area contributed by atoms with Gasteiger partial charge in [-0.15, -0.1) is 0 Å². The molecule has 0 aliphatic heterocycles. The maximum atomic E-state index is 13.3. The topological polar surface area (TPSA) is 64.5 Å². The Morgan fingerprint density at radius 2 is 1.57 bits per heavy atom. The van der Waals surface area contributed by atoms with E-state index in [4.69, 9.17) is 19.4 Å². The van der Waals surface area contributed by atoms with Crippen LogP contribution in [0.4, 0.5) is 5.69 Å². The Morgan fingerprint density at radius 3 is 2.12 bits per heavy atom. The predicted molar refractivity (Wildman–Crippen MR) is 172 cm³/mol. The number of ether oxygens (including phenoxy) is 2. The number of benzene rings is 2. The second-order valence-electron chi connectivity index (χ2n) is 13.4. The van der Waals surface area contributed by atoms with Crippen LogP contribution in [0.25, 0.3) is 0 Å². The quantitative estimate of drug-likeness (QED) is 0.202. The second kappa shape index (κ2) is 14.2. The van der Waals surface area contributed by atoms with Crippen molar-refractivity contribution in [3.63, 3.8) is 0 Å². The molecule has 0 aliphatic carbocycles. The molecule has 6 nitrogen and oxygen atoms in total. The van der Waals surface area contributed by atoms with Crippen LogP contribution in [0.2, 0.25) is 0 Å². The van der Waals surface area contributed by atoms with Gasteiger partial charge in [-0.25, -0.2) is 14.8 Å². The van der Waals surface area contributed by atoms with Crippen molar-refractivity contribution in [2.24, 2.45) is 5.92 Å². The van der Waals surface area contributed by atoms with E-state index in [0.717, 1.165) is 24.9 Å². The lowest BCUT2D eigenvalue weighted by atomic mass is 9.87. The average Bonchev–Trinajstić information content (AvgIpc) is 2.91. The molecule has 0 saturated carbocycles. The van der Waals surface area contributed by atoms with Gasteiger partial charge < -0.3 is 14.4 Å². The van der Waals surface area contributed by atoms with E-state index in [1.165, 1.54) is 11.3 Å². The van der Waals surface area contributed by atoms with Gasteiger partial charge in [-0.1, -0.05) is 77.1 Å². The standard InChI is InChI=1S/C36H51N3O3/c1-11-29(39(12-2)30-20-18-28(19-21-30)35(5,6)7)22-25(3)23-31-37-26(4)33(41-24-27-16-14-13-15-17-27)32(38-31)34(40)42-36(8,9)10/h13-21,25,29H,11-12,22-24H2,1-10H3. The molecular formula is C36H51N3O3. The second-order valence-corrected chi connectivity index (χ2v) is 13.4. The van der Waals surface area contributed by atoms with Crippen molar-refractivity contribution in [1.82, 2.24) is 9.97 Å². The van der Waals surface area contributed by atoms with E-state index in [9.17, 15) is 4.79 Å². The molecule has 0 spiro atoms. The minimum atomic E-state index is -0.650. The first-order chi connectivity index (χ1) is 19.7. The summed E-state index contributed by atoms with van der Waals surface area (Å²) in [6, 6.07) is 19.3. The van der Waals surface area contributed by atoms with Gasteiger partial charge in [0, 0.05) is 24.7 Å². The maximum absolute atomic E-state index is 13.3. The highest BCUT2D eigenvalue weighted by molar-refractivity contribution is 5.90. The molecule has 0 radical (unpaired) electrons. The van der Waals surface area contributed by atoms with Crippen LogP contribution in [0, 0.1) is 12.8 Å². The van der Waals surface area contributed by atoms with Gasteiger partial charge in [0.05, 0.1) is 5.69 Å². The van der Waals surface area contributed by atoms with E-state index in [1.807, 2.05) is 58.0 Å². The minimum absolute atomic E-state index is 0.132. The van der Waals surface area contributed by atoms with Gasteiger partial charge in [0.1, 0.15) is 18.0 Å². The SMILES string of the molecule is CCC(CC(C)Cc1nc(C)c(OCc2ccccc2)c(C(=O)OC(C)(C)C)n1)N(CC)c1ccc(C(C)(C)C)cc1. The molecule has 0 bridgehead atoms. The number of carbonyl (C=O) groups is 1. The van der Waals surface area contributed by atoms with Gasteiger partial charge in [0.2, 0.25) is 0 Å². The van der Waals surface area contributed by atoms with Crippen LogP contribution < -0.4 is 9.64 Å². The normalized spacial score (nSPS) is 13.4. The van der Waals surface area contributed by atoms with Crippen LogP contribution in [-0.4, -0.2) is 34.1 Å². The van der Waals surface area contributed by atoms with Gasteiger partial charge in [-0.3, -0.25) is 0 Å². The molecule has 1 heterocycles. The highest BCUT2D eigenvalue weighted by Crippen LogP contribution is 2.29. The molecule has 2 aromatic carbocycles. The van der Waals surface area contributed by atoms with Crippen molar-refractivity contribution >= 4 is 11.7 Å². The summed E-state index contributed by atoms with van der Waals surface area (Å²) in [6.07, 6.45) is 2.68. The zero-order valence-corrected chi connectivity index (χ0v) is 27.5. The van der Waals surface area contributed by atoms with Gasteiger partial charge >= 0.3 is 5.97 Å². The van der Waals surface area contributed by atoms with Gasteiger partial charge in [-0.05, 0) is 82.1 Å². The van der Waals surface area contributed by atoms with Crippen molar-refractivity contribution in [2.75, 3.05) is 11.4 Å². The number of hydrogen-bond donors (Lipinski definition) is 0. The van der Waals surface area contributed by atoms with E-state index in [2.05, 4.69) is 70.7 Å². The molecule has 2 atom stereocenters. The van der Waals surface area contributed by atoms with Gasteiger partial charge in [-0.2, -0.15) is 0 Å². The molecule has 228 valence electrons. The van der Waals surface area contributed by atoms with Crippen LogP contribution in [0.3, 0.4) is 0 Å². The van der Waals surface area contributed by atoms with Gasteiger partial charge in [0.15, 0.2) is 11.4 Å². The zero-order valence-electron chi connectivity index (χ0n) is 27.5. The van der Waals surface area contributed by atoms with E-state index in [1.54, 1.807) is 0 Å². The fraction of sp³-hybridized carbons (Fsp3) is 0.528. The van der Waals surface area contributed by atoms with Gasteiger partial charge in [0.25, 0.3) is 0 Å². The highest BCUT2D eigenvalue weighted by atomic mass is 16.6. The Labute approximate surface area is 253 Å². The smallest absolute Gasteiger partial charge is 0.361 e. The molecule has 3 rings (SSSR count). The first kappa shape index (κ1) is 33.1. The van der Waals surface area contributed by atoms with Crippen molar-refractivity contribution < 1.29 is 14.3 Å². The Kier molecular flexibility index (Phi) is 11.2. The number of nitrogens with zero attached hydrogens (tertiary/aromatic N) is 3. The van der Waals surface area contributed by atoms with Crippen molar-refractivity contribution in [3.8, 4) is 5.75 Å². The molecule has 3 aromatic rings. The predicted octanol–water partition coefficient (Wildman–Crippen LogP) is 8.49. The Hall–Kier alpha value is -3.41. The summed E-state index contributed by atoms with van der Waals surface area (Å²) in [5, 5.41) is 0. The molecule has 0 fully saturated rings. The summed E-state index contributed by atoms with van der Waals surface area (Å²) in [4.78, 5) is 25.3. The molecular weight excluding hydrogens is 522 g/mol. The molecule has 0 amide bonds. The summed E-state index contributed by atoms with van der Waals surface area (Å²) in [6.45, 7) is 22.1. The molecule has 0 saturated heterocycles. The highest BCUT2D eigenvalue weighted by Gasteiger charge is 2.27. The summed E-state index contributed by atoms with van der Waals surface area (Å²) in [7, 11) is 0. The number of esters is 1. The van der Waals surface area contributed by atoms with Crippen molar-refractivity contribution in [2.45, 2.75) is 112 Å². The Morgan fingerprint density at radius 1 is 0.929 bits per heavy atom. The third-order valence-electron chi connectivity index (χ3n) is 7.42. The van der Waals surface area contributed by atoms with E-state index < -0.39 is 11.6 Å². The first-order valence-corrected chi connectivity index (χ1v) is 15.4. The third-order valence-corrected chi connectivity index (χ3v) is 7.42. The Balaban J connectivity index is 1.81. The molecule has 42 heavy (non-hydrogen) atoms. The van der Waals surface area contributed by atoms with Crippen LogP contribution in [0.1, 0.15) is 108 Å². The number of rotatable bonds is 12. The van der Waals surface area contributed by atoms with Crippen molar-refractivity contribution in [3.05, 3.63) is 82.9 Å². The molecule has 0 aliphatic rings. The first-order valence-electron chi connectivity index (χ1n) is 15.4. The van der Waals surface area contributed by atoms with Crippen LogP contribution in [0.15, 0.2) is 54.6 Å². The monoisotopic (exact) mass is 573 g/mol. The number of anilines is 1. The zero-order chi connectivity index (χ0) is 31.1. The van der Waals surface area contributed by atoms with E-state index in [0.29, 0.717) is 42.3 Å². The van der Waals surface area contributed by atoms with Crippen LogP contribution in [-0.2, 0) is 23.2 Å². The number of aromatic nitrogens is 2. The lowest BCUT2D eigenvalue weighted by Crippen LogP contribution is -2.36. The summed E-state index contributed by atoms with van der Waals surface area (Å²) < 4.78 is 11.8. The minimum Gasteiger partial charge on any atom is -0.484 e. The van der Waals surface area contributed by atoms with E-state index >= 15 is 0 Å². The molecule has 2 unspecified atom stereocenters. The maximum Gasteiger partial charge on any atom is 0.361 e.